The Kier molecular flexibility index (Phi) is 1.07. The summed E-state index contributed by atoms with van der Waals surface area (Å²) in [5, 5.41) is 0. The highest BCUT2D eigenvalue weighted by molar-refractivity contribution is 8.19. The molecule has 1 N–H and O–H groups in total. The van der Waals surface area contributed by atoms with E-state index >= 15 is 0 Å². The fourth-order valence-electron chi connectivity index (χ4n) is 0. The molecule has 1 atom stereocenters. The standard InChI is InChI=1S/C2H6BNS/c1-5(2,3)4/h4H,1H2,2H3. The molecule has 3 heteroatoms. The highest BCUT2D eigenvalue weighted by Gasteiger charge is 1.64. The lowest BCUT2D eigenvalue weighted by Crippen LogP contribution is -1.86. The highest BCUT2D eigenvalue weighted by Crippen LogP contribution is 1.63. The van der Waals surface area contributed by atoms with Crippen molar-refractivity contribution >= 4 is 22.3 Å². The van der Waals surface area contributed by atoms with Gasteiger partial charge in [0, 0.05) is 0 Å². The van der Waals surface area contributed by atoms with Crippen molar-refractivity contribution in [1.29, 1.82) is 4.78 Å². The molecule has 0 amide bonds. The van der Waals surface area contributed by atoms with Gasteiger partial charge in [0.2, 0.25) is 0 Å². The van der Waals surface area contributed by atoms with Gasteiger partial charge in [-0.1, -0.05) is 5.87 Å². The molecule has 2 radical (unpaired) electrons. The smallest absolute Gasteiger partial charge is 0.171 e. The molecule has 0 aromatic carbocycles. The van der Waals surface area contributed by atoms with Gasteiger partial charge < -0.3 is 0 Å². The first-order chi connectivity index (χ1) is 2.00. The molecule has 0 fully saturated rings. The highest BCUT2D eigenvalue weighted by atomic mass is 32.2. The lowest BCUT2D eigenvalue weighted by molar-refractivity contribution is 1.64. The molecule has 0 rings (SSSR count). The molecular weight excluding hydrogens is 80.9 g/mol. The topological polar surface area (TPSA) is 23.9 Å². The second kappa shape index (κ2) is 1.05. The van der Waals surface area contributed by atoms with Gasteiger partial charge in [0.25, 0.3) is 0 Å². The van der Waals surface area contributed by atoms with Crippen LogP contribution in [-0.4, -0.2) is 19.3 Å². The van der Waals surface area contributed by atoms with E-state index in [0.717, 1.165) is 0 Å². The van der Waals surface area contributed by atoms with Crippen LogP contribution in [0.15, 0.2) is 0 Å². The molecular formula is C2H6BNS. The van der Waals surface area contributed by atoms with Crippen molar-refractivity contribution in [2.75, 3.05) is 6.26 Å². The SMILES string of the molecule is [B]S(=C)(C)=N. The maximum absolute atomic E-state index is 6.69. The molecule has 0 aliphatic rings. The Morgan fingerprint density at radius 2 is 2.00 bits per heavy atom. The molecule has 0 aromatic heterocycles. The van der Waals surface area contributed by atoms with Crippen LogP contribution >= 0.6 is 0 Å². The Labute approximate surface area is 34.1 Å². The summed E-state index contributed by atoms with van der Waals surface area (Å²) >= 11 is 0. The third-order valence-corrected chi connectivity index (χ3v) is 0. The fourth-order valence-corrected chi connectivity index (χ4v) is 0. The van der Waals surface area contributed by atoms with E-state index in [1.807, 2.05) is 0 Å². The fraction of sp³-hybridized carbons (Fsp3) is 0.500. The second-order valence-corrected chi connectivity index (χ2v) is 3.47. The second-order valence-electron chi connectivity index (χ2n) is 1.16. The lowest BCUT2D eigenvalue weighted by Gasteiger charge is -1.84. The van der Waals surface area contributed by atoms with E-state index in [4.69, 9.17) is 11.9 Å². The Morgan fingerprint density at radius 1 is 2.00 bits per heavy atom. The molecule has 0 saturated carbocycles. The average molecular weight is 87.0 g/mol. The minimum atomic E-state index is -1.67. The molecule has 1 nitrogen and oxygen atoms in total. The van der Waals surface area contributed by atoms with Crippen molar-refractivity contribution in [3.8, 4) is 0 Å². The van der Waals surface area contributed by atoms with E-state index < -0.39 is 9.26 Å². The van der Waals surface area contributed by atoms with Gasteiger partial charge in [-0.2, -0.15) is 9.26 Å². The van der Waals surface area contributed by atoms with Crippen LogP contribution in [0.25, 0.3) is 0 Å². The molecule has 0 aliphatic heterocycles. The van der Waals surface area contributed by atoms with Crippen LogP contribution in [0.2, 0.25) is 0 Å². The number of hydrogen-bond acceptors (Lipinski definition) is 1. The predicted molar refractivity (Wildman–Crippen MR) is 28.9 cm³/mol. The Bertz CT molecular complexity index is 92.8. The monoisotopic (exact) mass is 87.0 g/mol. The van der Waals surface area contributed by atoms with Gasteiger partial charge in [0.1, 0.15) is 0 Å². The van der Waals surface area contributed by atoms with Crippen molar-refractivity contribution in [1.82, 2.24) is 0 Å². The zero-order chi connectivity index (χ0) is 4.50. The molecule has 28 valence electrons. The van der Waals surface area contributed by atoms with E-state index in [9.17, 15) is 0 Å². The van der Waals surface area contributed by atoms with E-state index in [0.29, 0.717) is 0 Å². The summed E-state index contributed by atoms with van der Waals surface area (Å²) in [6.45, 7) is 0. The van der Waals surface area contributed by atoms with E-state index in [2.05, 4.69) is 5.87 Å². The third-order valence-electron chi connectivity index (χ3n) is 0. The van der Waals surface area contributed by atoms with E-state index in [1.54, 1.807) is 6.26 Å². The minimum Gasteiger partial charge on any atom is -0.298 e. The summed E-state index contributed by atoms with van der Waals surface area (Å²) in [7, 11) is 3.33. The van der Waals surface area contributed by atoms with E-state index in [1.165, 1.54) is 0 Å². The van der Waals surface area contributed by atoms with Crippen LogP contribution in [-0.2, 0) is 9.26 Å². The molecule has 0 spiro atoms. The molecule has 0 aliphatic carbocycles. The van der Waals surface area contributed by atoms with Crippen LogP contribution in [0.3, 0.4) is 0 Å². The van der Waals surface area contributed by atoms with Crippen LogP contribution in [0.5, 0.6) is 0 Å². The van der Waals surface area contributed by atoms with Crippen molar-refractivity contribution in [3.05, 3.63) is 0 Å². The maximum Gasteiger partial charge on any atom is 0.171 e. The van der Waals surface area contributed by atoms with E-state index in [-0.39, 0.29) is 0 Å². The van der Waals surface area contributed by atoms with Crippen LogP contribution in [0.4, 0.5) is 0 Å². The first-order valence-corrected chi connectivity index (χ1v) is 3.41. The number of hydrogen-bond donors (Lipinski definition) is 1. The first kappa shape index (κ1) is 5.08. The number of nitrogens with one attached hydrogen (secondary N) is 1. The summed E-state index contributed by atoms with van der Waals surface area (Å²) < 4.78 is 6.69. The van der Waals surface area contributed by atoms with Gasteiger partial charge in [0.05, 0.1) is 0 Å². The minimum absolute atomic E-state index is 1.60. The van der Waals surface area contributed by atoms with Gasteiger partial charge in [-0.25, -0.2) is 0 Å². The van der Waals surface area contributed by atoms with Crippen molar-refractivity contribution < 1.29 is 0 Å². The largest absolute Gasteiger partial charge is 0.298 e. The zero-order valence-corrected chi connectivity index (χ0v) is 4.01. The molecule has 0 bridgehead atoms. The van der Waals surface area contributed by atoms with Crippen LogP contribution in [0, 0.1) is 4.78 Å². The summed E-state index contributed by atoms with van der Waals surface area (Å²) in [4.78, 5) is 0. The van der Waals surface area contributed by atoms with Crippen molar-refractivity contribution in [3.63, 3.8) is 0 Å². The van der Waals surface area contributed by atoms with Crippen molar-refractivity contribution in [2.24, 2.45) is 0 Å². The quantitative estimate of drug-likeness (QED) is 0.319. The van der Waals surface area contributed by atoms with Gasteiger partial charge in [-0.05, 0) is 6.26 Å². The Morgan fingerprint density at radius 3 is 2.00 bits per heavy atom. The third kappa shape index (κ3) is 2460. The Hall–Kier alpha value is 0.0849. The van der Waals surface area contributed by atoms with Gasteiger partial charge >= 0.3 is 0 Å². The van der Waals surface area contributed by atoms with Crippen LogP contribution in [0.1, 0.15) is 0 Å². The Balaban J connectivity index is 4.06. The molecule has 0 saturated heterocycles. The van der Waals surface area contributed by atoms with Crippen LogP contribution < -0.4 is 0 Å². The summed E-state index contributed by atoms with van der Waals surface area (Å²) in [6.07, 6.45) is 1.60. The number of rotatable bonds is 0. The van der Waals surface area contributed by atoms with Crippen molar-refractivity contribution in [2.45, 2.75) is 0 Å². The molecule has 5 heavy (non-hydrogen) atoms. The normalized spacial score (nSPS) is 21.0. The molecule has 1 unspecified atom stereocenters. The summed E-state index contributed by atoms with van der Waals surface area (Å²) in [5.74, 6) is 3.30. The average Bonchev–Trinajstić information content (AvgIpc) is 0.722. The predicted octanol–water partition coefficient (Wildman–Crippen LogP) is 0.0481. The van der Waals surface area contributed by atoms with Gasteiger partial charge in [-0.15, -0.1) is 0 Å². The molecule has 0 heterocycles. The summed E-state index contributed by atoms with van der Waals surface area (Å²) in [5.41, 5.74) is 0. The molecule has 0 aromatic rings. The zero-order valence-electron chi connectivity index (χ0n) is 3.19. The lowest BCUT2D eigenvalue weighted by atomic mass is 10.8. The first-order valence-electron chi connectivity index (χ1n) is 1.14. The van der Waals surface area contributed by atoms with Gasteiger partial charge in [-0.3, -0.25) is 4.78 Å². The summed E-state index contributed by atoms with van der Waals surface area (Å²) in [6, 6.07) is 0. The van der Waals surface area contributed by atoms with Gasteiger partial charge in [0.15, 0.2) is 7.12 Å². The maximum atomic E-state index is 6.69.